The number of methoxy groups -OCH3 is 1. The highest BCUT2D eigenvalue weighted by Gasteiger charge is 2.22. The molecule has 0 atom stereocenters. The standard InChI is InChI=1S/C16H19NO4S/c1-10-8-15(21-4)11(2)12(3)16(10)22(19,20)17-13-6-5-7-14(18)9-13/h5-9,17-18H,1-4H3. The van der Waals surface area contributed by atoms with Crippen molar-refractivity contribution in [3.8, 4) is 11.5 Å². The molecule has 5 nitrogen and oxygen atoms in total. The first kappa shape index (κ1) is 16.2. The van der Waals surface area contributed by atoms with E-state index in [4.69, 9.17) is 4.74 Å². The van der Waals surface area contributed by atoms with E-state index in [1.165, 1.54) is 12.1 Å². The SMILES string of the molecule is COc1cc(C)c(S(=O)(=O)Nc2cccc(O)c2)c(C)c1C. The fourth-order valence-corrected chi connectivity index (χ4v) is 4.00. The van der Waals surface area contributed by atoms with Crippen LogP contribution in [0.5, 0.6) is 11.5 Å². The molecule has 0 saturated carbocycles. The van der Waals surface area contributed by atoms with Crippen LogP contribution in [0.1, 0.15) is 16.7 Å². The number of phenolic OH excluding ortho intramolecular Hbond substituents is 1. The molecule has 2 aromatic carbocycles. The van der Waals surface area contributed by atoms with Crippen molar-refractivity contribution in [3.05, 3.63) is 47.0 Å². The first-order valence-corrected chi connectivity index (χ1v) is 8.21. The van der Waals surface area contributed by atoms with Gasteiger partial charge in [0.15, 0.2) is 0 Å². The van der Waals surface area contributed by atoms with Gasteiger partial charge in [0.05, 0.1) is 17.7 Å². The lowest BCUT2D eigenvalue weighted by Crippen LogP contribution is -2.16. The quantitative estimate of drug-likeness (QED) is 0.907. The molecule has 118 valence electrons. The van der Waals surface area contributed by atoms with Crippen LogP contribution in [0.15, 0.2) is 35.2 Å². The number of benzene rings is 2. The molecular formula is C16H19NO4S. The van der Waals surface area contributed by atoms with Crippen molar-refractivity contribution < 1.29 is 18.3 Å². The topological polar surface area (TPSA) is 75.6 Å². The number of ether oxygens (including phenoxy) is 1. The zero-order chi connectivity index (χ0) is 16.5. The number of anilines is 1. The van der Waals surface area contributed by atoms with E-state index in [2.05, 4.69) is 4.72 Å². The molecule has 0 saturated heterocycles. The lowest BCUT2D eigenvalue weighted by molar-refractivity contribution is 0.410. The van der Waals surface area contributed by atoms with Crippen molar-refractivity contribution in [1.82, 2.24) is 0 Å². The highest BCUT2D eigenvalue weighted by Crippen LogP contribution is 2.31. The van der Waals surface area contributed by atoms with E-state index in [9.17, 15) is 13.5 Å². The highest BCUT2D eigenvalue weighted by atomic mass is 32.2. The van der Waals surface area contributed by atoms with Crippen molar-refractivity contribution in [2.75, 3.05) is 11.8 Å². The minimum atomic E-state index is -3.76. The predicted octanol–water partition coefficient (Wildman–Crippen LogP) is 3.13. The van der Waals surface area contributed by atoms with Gasteiger partial charge in [0.25, 0.3) is 10.0 Å². The Labute approximate surface area is 130 Å². The third-order valence-corrected chi connectivity index (χ3v) is 5.24. The number of nitrogens with one attached hydrogen (secondary N) is 1. The second-order valence-electron chi connectivity index (χ2n) is 5.13. The van der Waals surface area contributed by atoms with Crippen LogP contribution >= 0.6 is 0 Å². The van der Waals surface area contributed by atoms with Crippen LogP contribution in [-0.2, 0) is 10.0 Å². The summed E-state index contributed by atoms with van der Waals surface area (Å²) in [5.41, 5.74) is 2.34. The van der Waals surface area contributed by atoms with Crippen LogP contribution in [0.25, 0.3) is 0 Å². The van der Waals surface area contributed by atoms with Crippen LogP contribution in [0.4, 0.5) is 5.69 Å². The minimum Gasteiger partial charge on any atom is -0.508 e. The second-order valence-corrected chi connectivity index (χ2v) is 6.75. The van der Waals surface area contributed by atoms with Gasteiger partial charge in [-0.2, -0.15) is 0 Å². The van der Waals surface area contributed by atoms with Crippen LogP contribution in [-0.4, -0.2) is 20.6 Å². The summed E-state index contributed by atoms with van der Waals surface area (Å²) in [5, 5.41) is 9.45. The van der Waals surface area contributed by atoms with E-state index in [1.807, 2.05) is 6.92 Å². The molecule has 0 radical (unpaired) electrons. The number of hydrogen-bond donors (Lipinski definition) is 2. The maximum atomic E-state index is 12.7. The predicted molar refractivity (Wildman–Crippen MR) is 86.1 cm³/mol. The average Bonchev–Trinajstić information content (AvgIpc) is 2.42. The number of sulfonamides is 1. The van der Waals surface area contributed by atoms with Gasteiger partial charge in [-0.3, -0.25) is 4.72 Å². The van der Waals surface area contributed by atoms with Crippen LogP contribution < -0.4 is 9.46 Å². The maximum absolute atomic E-state index is 12.7. The summed E-state index contributed by atoms with van der Waals surface area (Å²) in [7, 11) is -2.20. The number of aryl methyl sites for hydroxylation is 1. The van der Waals surface area contributed by atoms with Gasteiger partial charge >= 0.3 is 0 Å². The van der Waals surface area contributed by atoms with E-state index in [1.54, 1.807) is 39.2 Å². The molecule has 22 heavy (non-hydrogen) atoms. The summed E-state index contributed by atoms with van der Waals surface area (Å²) < 4.78 is 33.1. The zero-order valence-corrected chi connectivity index (χ0v) is 13.8. The Morgan fingerprint density at radius 2 is 1.77 bits per heavy atom. The minimum absolute atomic E-state index is 0.000412. The van der Waals surface area contributed by atoms with Gasteiger partial charge in [-0.25, -0.2) is 8.42 Å². The molecule has 2 rings (SSSR count). The zero-order valence-electron chi connectivity index (χ0n) is 13.0. The van der Waals surface area contributed by atoms with Crippen molar-refractivity contribution in [2.24, 2.45) is 0 Å². The van der Waals surface area contributed by atoms with E-state index in [-0.39, 0.29) is 10.6 Å². The lowest BCUT2D eigenvalue weighted by Gasteiger charge is -2.17. The molecule has 0 aliphatic carbocycles. The first-order valence-electron chi connectivity index (χ1n) is 6.73. The number of aromatic hydroxyl groups is 1. The van der Waals surface area contributed by atoms with Crippen molar-refractivity contribution in [2.45, 2.75) is 25.7 Å². The summed E-state index contributed by atoms with van der Waals surface area (Å²) >= 11 is 0. The third-order valence-electron chi connectivity index (χ3n) is 3.57. The summed E-state index contributed by atoms with van der Waals surface area (Å²) in [4.78, 5) is 0.231. The number of rotatable bonds is 4. The maximum Gasteiger partial charge on any atom is 0.262 e. The summed E-state index contributed by atoms with van der Waals surface area (Å²) in [6.07, 6.45) is 0. The van der Waals surface area contributed by atoms with E-state index in [0.717, 1.165) is 5.56 Å². The monoisotopic (exact) mass is 321 g/mol. The van der Waals surface area contributed by atoms with Crippen molar-refractivity contribution in [3.63, 3.8) is 0 Å². The molecule has 0 aromatic heterocycles. The Kier molecular flexibility index (Phi) is 4.32. The molecule has 2 N–H and O–H groups in total. The van der Waals surface area contributed by atoms with E-state index in [0.29, 0.717) is 22.6 Å². The van der Waals surface area contributed by atoms with Gasteiger partial charge in [-0.1, -0.05) is 6.07 Å². The Morgan fingerprint density at radius 1 is 1.09 bits per heavy atom. The fraction of sp³-hybridized carbons (Fsp3) is 0.250. The molecule has 0 heterocycles. The molecule has 0 bridgehead atoms. The Hall–Kier alpha value is -2.21. The third kappa shape index (κ3) is 3.01. The van der Waals surface area contributed by atoms with Gasteiger partial charge in [0.2, 0.25) is 0 Å². The average molecular weight is 321 g/mol. The second kappa shape index (κ2) is 5.88. The van der Waals surface area contributed by atoms with E-state index >= 15 is 0 Å². The number of hydrogen-bond acceptors (Lipinski definition) is 4. The number of phenols is 1. The molecule has 0 unspecified atom stereocenters. The Balaban J connectivity index is 2.53. The van der Waals surface area contributed by atoms with Gasteiger partial charge in [0.1, 0.15) is 11.5 Å². The smallest absolute Gasteiger partial charge is 0.262 e. The summed E-state index contributed by atoms with van der Waals surface area (Å²) in [5.74, 6) is 0.658. The largest absolute Gasteiger partial charge is 0.508 e. The van der Waals surface area contributed by atoms with Crippen LogP contribution in [0, 0.1) is 20.8 Å². The molecule has 0 spiro atoms. The van der Waals surface area contributed by atoms with Crippen LogP contribution in [0.3, 0.4) is 0 Å². The van der Waals surface area contributed by atoms with Gasteiger partial charge in [-0.15, -0.1) is 0 Å². The Morgan fingerprint density at radius 3 is 2.36 bits per heavy atom. The molecule has 0 fully saturated rings. The summed E-state index contributed by atoms with van der Waals surface area (Å²) in [6.45, 7) is 5.30. The van der Waals surface area contributed by atoms with Crippen LogP contribution in [0.2, 0.25) is 0 Å². The molecule has 6 heteroatoms. The summed E-state index contributed by atoms with van der Waals surface area (Å²) in [6, 6.07) is 7.70. The fourth-order valence-electron chi connectivity index (χ4n) is 2.42. The molecule has 0 amide bonds. The van der Waals surface area contributed by atoms with Crippen molar-refractivity contribution >= 4 is 15.7 Å². The van der Waals surface area contributed by atoms with Crippen molar-refractivity contribution in [1.29, 1.82) is 0 Å². The van der Waals surface area contributed by atoms with E-state index < -0.39 is 10.0 Å². The normalized spacial score (nSPS) is 11.3. The lowest BCUT2D eigenvalue weighted by atomic mass is 10.1. The van der Waals surface area contributed by atoms with Gasteiger partial charge in [0, 0.05) is 6.07 Å². The molecule has 0 aliphatic rings. The molecule has 0 aliphatic heterocycles. The highest BCUT2D eigenvalue weighted by molar-refractivity contribution is 7.92. The molecular weight excluding hydrogens is 302 g/mol. The first-order chi connectivity index (χ1) is 10.3. The Bertz CT molecular complexity index is 813. The van der Waals surface area contributed by atoms with Gasteiger partial charge in [-0.05, 0) is 55.7 Å². The van der Waals surface area contributed by atoms with Gasteiger partial charge < -0.3 is 9.84 Å². The molecule has 2 aromatic rings.